The number of rotatable bonds is 5. The highest BCUT2D eigenvalue weighted by Gasteiger charge is 2.23. The summed E-state index contributed by atoms with van der Waals surface area (Å²) in [5.41, 5.74) is -0.875. The van der Waals surface area contributed by atoms with Gasteiger partial charge < -0.3 is 10.0 Å². The number of likely N-dealkylation sites (N-methyl/N-ethyl adjacent to an activating group) is 1. The number of amides is 1. The fourth-order valence-electron chi connectivity index (χ4n) is 1.62. The topological polar surface area (TPSA) is 53.4 Å². The first-order chi connectivity index (χ1) is 8.29. The second-order valence-electron chi connectivity index (χ2n) is 4.93. The molecule has 1 aromatic heterocycles. The molecule has 0 aliphatic rings. The van der Waals surface area contributed by atoms with Crippen molar-refractivity contribution in [1.29, 1.82) is 0 Å². The molecule has 4 nitrogen and oxygen atoms in total. The van der Waals surface area contributed by atoms with Crippen LogP contribution in [0.4, 0.5) is 0 Å². The van der Waals surface area contributed by atoms with Gasteiger partial charge >= 0.3 is 0 Å². The lowest BCUT2D eigenvalue weighted by atomic mass is 10.1. The van der Waals surface area contributed by atoms with E-state index in [0.717, 1.165) is 5.03 Å². The molecule has 0 radical (unpaired) electrons. The molecule has 1 unspecified atom stereocenters. The van der Waals surface area contributed by atoms with E-state index in [4.69, 9.17) is 0 Å². The first-order valence-electron chi connectivity index (χ1n) is 5.84. The van der Waals surface area contributed by atoms with Crippen molar-refractivity contribution in [3.8, 4) is 0 Å². The van der Waals surface area contributed by atoms with E-state index in [-0.39, 0.29) is 11.2 Å². The van der Waals surface area contributed by atoms with Crippen LogP contribution in [0.1, 0.15) is 20.8 Å². The highest BCUT2D eigenvalue weighted by molar-refractivity contribution is 8.00. The van der Waals surface area contributed by atoms with Gasteiger partial charge in [-0.1, -0.05) is 17.8 Å². The molecule has 18 heavy (non-hydrogen) atoms. The first kappa shape index (κ1) is 15.0. The summed E-state index contributed by atoms with van der Waals surface area (Å²) in [5, 5.41) is 10.3. The molecule has 0 aliphatic heterocycles. The summed E-state index contributed by atoms with van der Waals surface area (Å²) in [4.78, 5) is 17.8. The van der Waals surface area contributed by atoms with Crippen LogP contribution in [-0.4, -0.2) is 45.3 Å². The van der Waals surface area contributed by atoms with Gasteiger partial charge in [0, 0.05) is 19.8 Å². The van der Waals surface area contributed by atoms with Crippen LogP contribution < -0.4 is 0 Å². The number of pyridine rings is 1. The Labute approximate surface area is 112 Å². The SMILES string of the molecule is CC(Sc1ccccn1)C(=O)N(C)CC(C)(C)O. The zero-order valence-corrected chi connectivity index (χ0v) is 12.1. The summed E-state index contributed by atoms with van der Waals surface area (Å²) in [7, 11) is 1.70. The second kappa shape index (κ2) is 6.20. The molecule has 1 rings (SSSR count). The number of hydrogen-bond acceptors (Lipinski definition) is 4. The average Bonchev–Trinajstić information content (AvgIpc) is 2.27. The molecule has 1 N–H and O–H groups in total. The van der Waals surface area contributed by atoms with Crippen LogP contribution >= 0.6 is 11.8 Å². The van der Waals surface area contributed by atoms with Gasteiger partial charge in [-0.3, -0.25) is 4.79 Å². The van der Waals surface area contributed by atoms with Crippen molar-refractivity contribution < 1.29 is 9.90 Å². The largest absolute Gasteiger partial charge is 0.389 e. The van der Waals surface area contributed by atoms with Crippen molar-refractivity contribution in [3.63, 3.8) is 0 Å². The Morgan fingerprint density at radius 3 is 2.72 bits per heavy atom. The van der Waals surface area contributed by atoms with Gasteiger partial charge in [0.2, 0.25) is 5.91 Å². The number of aromatic nitrogens is 1. The molecule has 0 fully saturated rings. The number of aliphatic hydroxyl groups is 1. The van der Waals surface area contributed by atoms with Gasteiger partial charge in [0.05, 0.1) is 15.9 Å². The number of carbonyl (C=O) groups is 1. The van der Waals surface area contributed by atoms with Gasteiger partial charge in [0.25, 0.3) is 0 Å². The minimum atomic E-state index is -0.875. The van der Waals surface area contributed by atoms with E-state index in [1.807, 2.05) is 25.1 Å². The van der Waals surface area contributed by atoms with Crippen LogP contribution in [-0.2, 0) is 4.79 Å². The Morgan fingerprint density at radius 1 is 1.56 bits per heavy atom. The lowest BCUT2D eigenvalue weighted by Gasteiger charge is -2.27. The van der Waals surface area contributed by atoms with Gasteiger partial charge in [-0.2, -0.15) is 0 Å². The van der Waals surface area contributed by atoms with Crippen molar-refractivity contribution in [1.82, 2.24) is 9.88 Å². The third-order valence-electron chi connectivity index (χ3n) is 2.28. The zero-order chi connectivity index (χ0) is 13.8. The van der Waals surface area contributed by atoms with Crippen molar-refractivity contribution in [3.05, 3.63) is 24.4 Å². The molecule has 1 amide bonds. The standard InChI is InChI=1S/C13H20N2O2S/c1-10(18-11-7-5-6-8-14-11)12(16)15(4)9-13(2,3)17/h5-8,10,17H,9H2,1-4H3. The van der Waals surface area contributed by atoms with Crippen molar-refractivity contribution in [2.45, 2.75) is 36.6 Å². The normalized spacial score (nSPS) is 13.2. The van der Waals surface area contributed by atoms with E-state index in [0.29, 0.717) is 6.54 Å². The third kappa shape index (κ3) is 5.06. The lowest BCUT2D eigenvalue weighted by Crippen LogP contribution is -2.42. The molecular formula is C13H20N2O2S. The van der Waals surface area contributed by atoms with E-state index in [1.54, 1.807) is 32.0 Å². The summed E-state index contributed by atoms with van der Waals surface area (Å²) in [5.74, 6) is -0.00669. The predicted octanol–water partition coefficient (Wildman–Crippen LogP) is 1.79. The van der Waals surface area contributed by atoms with Crippen LogP contribution in [0.5, 0.6) is 0 Å². The predicted molar refractivity (Wildman–Crippen MR) is 73.5 cm³/mol. The third-order valence-corrected chi connectivity index (χ3v) is 3.32. The zero-order valence-electron chi connectivity index (χ0n) is 11.3. The molecule has 0 bridgehead atoms. The summed E-state index contributed by atoms with van der Waals surface area (Å²) in [6.45, 7) is 5.54. The number of nitrogens with zero attached hydrogens (tertiary/aromatic N) is 2. The molecule has 0 aliphatic carbocycles. The van der Waals surface area contributed by atoms with Crippen LogP contribution in [0.25, 0.3) is 0 Å². The lowest BCUT2D eigenvalue weighted by molar-refractivity contribution is -0.131. The molecule has 0 spiro atoms. The Balaban J connectivity index is 2.56. The molecule has 1 heterocycles. The van der Waals surface area contributed by atoms with E-state index in [1.165, 1.54) is 11.8 Å². The van der Waals surface area contributed by atoms with Crippen LogP contribution in [0.3, 0.4) is 0 Å². The Hall–Kier alpha value is -1.07. The summed E-state index contributed by atoms with van der Waals surface area (Å²) in [6.07, 6.45) is 1.71. The van der Waals surface area contributed by atoms with Gasteiger partial charge in [-0.05, 0) is 32.9 Å². The van der Waals surface area contributed by atoms with Gasteiger partial charge in [-0.25, -0.2) is 4.98 Å². The monoisotopic (exact) mass is 268 g/mol. The smallest absolute Gasteiger partial charge is 0.235 e. The quantitative estimate of drug-likeness (QED) is 0.827. The van der Waals surface area contributed by atoms with Crippen LogP contribution in [0.2, 0.25) is 0 Å². The highest BCUT2D eigenvalue weighted by Crippen LogP contribution is 2.22. The fourth-order valence-corrected chi connectivity index (χ4v) is 2.54. The molecule has 1 aromatic rings. The maximum Gasteiger partial charge on any atom is 0.235 e. The molecular weight excluding hydrogens is 248 g/mol. The van der Waals surface area contributed by atoms with E-state index < -0.39 is 5.60 Å². The fraction of sp³-hybridized carbons (Fsp3) is 0.538. The van der Waals surface area contributed by atoms with Gasteiger partial charge in [0.15, 0.2) is 0 Å². The average molecular weight is 268 g/mol. The van der Waals surface area contributed by atoms with E-state index in [2.05, 4.69) is 4.98 Å². The van der Waals surface area contributed by atoms with Crippen molar-refractivity contribution in [2.24, 2.45) is 0 Å². The maximum absolute atomic E-state index is 12.1. The second-order valence-corrected chi connectivity index (χ2v) is 6.30. The molecule has 0 saturated heterocycles. The first-order valence-corrected chi connectivity index (χ1v) is 6.72. The van der Waals surface area contributed by atoms with Crippen LogP contribution in [0.15, 0.2) is 29.4 Å². The van der Waals surface area contributed by atoms with Gasteiger partial charge in [0.1, 0.15) is 0 Å². The van der Waals surface area contributed by atoms with E-state index >= 15 is 0 Å². The van der Waals surface area contributed by atoms with Crippen LogP contribution in [0, 0.1) is 0 Å². The summed E-state index contributed by atoms with van der Waals surface area (Å²) >= 11 is 1.42. The number of carbonyl (C=O) groups excluding carboxylic acids is 1. The Morgan fingerprint density at radius 2 is 2.22 bits per heavy atom. The van der Waals surface area contributed by atoms with Crippen molar-refractivity contribution in [2.75, 3.05) is 13.6 Å². The van der Waals surface area contributed by atoms with Crippen molar-refractivity contribution >= 4 is 17.7 Å². The molecule has 1 atom stereocenters. The Bertz CT molecular complexity index is 390. The molecule has 0 aromatic carbocycles. The number of thioether (sulfide) groups is 1. The summed E-state index contributed by atoms with van der Waals surface area (Å²) < 4.78 is 0. The minimum absolute atomic E-state index is 0.00669. The molecule has 5 heteroatoms. The Kier molecular flexibility index (Phi) is 5.16. The van der Waals surface area contributed by atoms with E-state index in [9.17, 15) is 9.90 Å². The number of hydrogen-bond donors (Lipinski definition) is 1. The summed E-state index contributed by atoms with van der Waals surface area (Å²) in [6, 6.07) is 5.62. The molecule has 100 valence electrons. The minimum Gasteiger partial charge on any atom is -0.389 e. The van der Waals surface area contributed by atoms with Gasteiger partial charge in [-0.15, -0.1) is 0 Å². The highest BCUT2D eigenvalue weighted by atomic mass is 32.2. The maximum atomic E-state index is 12.1. The molecule has 0 saturated carbocycles.